The molecule has 0 aliphatic heterocycles. The van der Waals surface area contributed by atoms with Crippen molar-refractivity contribution in [2.75, 3.05) is 26.7 Å². The van der Waals surface area contributed by atoms with Crippen molar-refractivity contribution in [1.82, 2.24) is 16.0 Å². The number of hydrogen-bond acceptors (Lipinski definition) is 2. The summed E-state index contributed by atoms with van der Waals surface area (Å²) in [5.41, 5.74) is 1.58. The molecule has 0 saturated heterocycles. The molecule has 1 amide bonds. The Morgan fingerprint density at radius 3 is 2.73 bits per heavy atom. The summed E-state index contributed by atoms with van der Waals surface area (Å²) >= 11 is 0. The summed E-state index contributed by atoms with van der Waals surface area (Å²) in [5.74, 6) is 0.229. The number of carbonyl (C=O) groups excluding carboxylic acids is 1. The van der Waals surface area contributed by atoms with Crippen LogP contribution in [0.3, 0.4) is 0 Å². The lowest BCUT2D eigenvalue weighted by Gasteiger charge is -2.11. The van der Waals surface area contributed by atoms with Crippen molar-refractivity contribution in [1.29, 1.82) is 0 Å². The third-order valence-corrected chi connectivity index (χ3v) is 2.85. The zero-order valence-electron chi connectivity index (χ0n) is 12.8. The molecule has 0 spiro atoms. The monoisotopic (exact) mass is 312 g/mol. The van der Waals surface area contributed by atoms with Gasteiger partial charge in [0, 0.05) is 25.7 Å². The van der Waals surface area contributed by atoms with Gasteiger partial charge in [0.1, 0.15) is 6.54 Å². The molecule has 122 valence electrons. The van der Waals surface area contributed by atoms with Gasteiger partial charge in [-0.15, -0.1) is 0 Å². The van der Waals surface area contributed by atoms with E-state index in [9.17, 15) is 13.6 Å². The first-order chi connectivity index (χ1) is 10.6. The Bertz CT molecular complexity index is 506. The molecule has 0 unspecified atom stereocenters. The van der Waals surface area contributed by atoms with E-state index in [-0.39, 0.29) is 5.91 Å². The minimum atomic E-state index is -2.46. The third-order valence-electron chi connectivity index (χ3n) is 2.85. The number of nitrogens with one attached hydrogen (secondary N) is 3. The maximum Gasteiger partial charge on any atom is 0.257 e. The van der Waals surface area contributed by atoms with Crippen molar-refractivity contribution in [3.63, 3.8) is 0 Å². The zero-order chi connectivity index (χ0) is 16.4. The van der Waals surface area contributed by atoms with E-state index in [1.807, 2.05) is 25.1 Å². The smallest absolute Gasteiger partial charge is 0.257 e. The molecule has 0 aliphatic rings. The van der Waals surface area contributed by atoms with Crippen LogP contribution in [0.1, 0.15) is 22.8 Å². The second-order valence-corrected chi connectivity index (χ2v) is 4.57. The number of amides is 1. The van der Waals surface area contributed by atoms with Crippen molar-refractivity contribution >= 4 is 11.9 Å². The Kier molecular flexibility index (Phi) is 7.88. The predicted octanol–water partition coefficient (Wildman–Crippen LogP) is 1.41. The average molecular weight is 312 g/mol. The molecule has 7 heteroatoms. The van der Waals surface area contributed by atoms with Gasteiger partial charge < -0.3 is 16.0 Å². The minimum Gasteiger partial charge on any atom is -0.357 e. The number of hydrogen-bond donors (Lipinski definition) is 3. The van der Waals surface area contributed by atoms with E-state index in [0.29, 0.717) is 31.0 Å². The molecule has 0 aliphatic carbocycles. The summed E-state index contributed by atoms with van der Waals surface area (Å²) in [7, 11) is 1.58. The first-order valence-electron chi connectivity index (χ1n) is 7.18. The second kappa shape index (κ2) is 9.70. The molecule has 0 bridgehead atoms. The normalized spacial score (nSPS) is 11.4. The highest BCUT2D eigenvalue weighted by Gasteiger charge is 2.05. The van der Waals surface area contributed by atoms with Crippen LogP contribution in [0.4, 0.5) is 8.78 Å². The van der Waals surface area contributed by atoms with Gasteiger partial charge in [-0.1, -0.05) is 12.1 Å². The van der Waals surface area contributed by atoms with E-state index in [1.54, 1.807) is 13.1 Å². The topological polar surface area (TPSA) is 65.5 Å². The largest absolute Gasteiger partial charge is 0.357 e. The number of rotatable bonds is 7. The Balaban J connectivity index is 2.54. The highest BCUT2D eigenvalue weighted by Crippen LogP contribution is 2.05. The fourth-order valence-corrected chi connectivity index (χ4v) is 1.84. The molecule has 0 heterocycles. The number of benzene rings is 1. The van der Waals surface area contributed by atoms with Gasteiger partial charge in [-0.25, -0.2) is 13.8 Å². The molecule has 1 aromatic rings. The van der Waals surface area contributed by atoms with E-state index in [2.05, 4.69) is 20.9 Å². The van der Waals surface area contributed by atoms with Crippen LogP contribution in [0.25, 0.3) is 0 Å². The minimum absolute atomic E-state index is 0.137. The molecule has 0 radical (unpaired) electrons. The van der Waals surface area contributed by atoms with Crippen molar-refractivity contribution < 1.29 is 13.6 Å². The van der Waals surface area contributed by atoms with Gasteiger partial charge in [0.15, 0.2) is 5.96 Å². The van der Waals surface area contributed by atoms with E-state index in [0.717, 1.165) is 5.56 Å². The van der Waals surface area contributed by atoms with E-state index >= 15 is 0 Å². The molecule has 22 heavy (non-hydrogen) atoms. The van der Waals surface area contributed by atoms with E-state index in [1.165, 1.54) is 0 Å². The quantitative estimate of drug-likeness (QED) is 0.527. The fraction of sp³-hybridized carbons (Fsp3) is 0.467. The van der Waals surface area contributed by atoms with Gasteiger partial charge in [-0.3, -0.25) is 4.79 Å². The molecule has 0 fully saturated rings. The maximum atomic E-state index is 12.2. The fourth-order valence-electron chi connectivity index (χ4n) is 1.84. The van der Waals surface area contributed by atoms with E-state index < -0.39 is 13.0 Å². The van der Waals surface area contributed by atoms with Gasteiger partial charge in [-0.2, -0.15) is 0 Å². The number of nitrogens with zero attached hydrogens (tertiary/aromatic N) is 1. The van der Waals surface area contributed by atoms with Crippen molar-refractivity contribution in [2.24, 2.45) is 4.99 Å². The lowest BCUT2D eigenvalue weighted by atomic mass is 10.1. The zero-order valence-corrected chi connectivity index (χ0v) is 12.8. The van der Waals surface area contributed by atoms with Crippen molar-refractivity contribution in [3.8, 4) is 0 Å². The number of alkyl halides is 2. The Hall–Kier alpha value is -2.18. The molecule has 5 nitrogen and oxygen atoms in total. The highest BCUT2D eigenvalue weighted by molar-refractivity contribution is 5.94. The lowest BCUT2D eigenvalue weighted by molar-refractivity contribution is 0.0963. The van der Waals surface area contributed by atoms with Crippen LogP contribution in [0, 0.1) is 0 Å². The summed E-state index contributed by atoms with van der Waals surface area (Å²) in [4.78, 5) is 15.3. The van der Waals surface area contributed by atoms with Crippen LogP contribution in [0.15, 0.2) is 29.3 Å². The molecule has 0 aromatic heterocycles. The number of halogens is 2. The molecule has 3 N–H and O–H groups in total. The maximum absolute atomic E-state index is 12.2. The molecule has 1 aromatic carbocycles. The first kappa shape index (κ1) is 17.9. The van der Waals surface area contributed by atoms with Crippen LogP contribution >= 0.6 is 0 Å². The Morgan fingerprint density at radius 2 is 2.09 bits per heavy atom. The van der Waals surface area contributed by atoms with Crippen LogP contribution < -0.4 is 16.0 Å². The summed E-state index contributed by atoms with van der Waals surface area (Å²) in [6.07, 6.45) is -1.80. The summed E-state index contributed by atoms with van der Waals surface area (Å²) in [6, 6.07) is 7.28. The second-order valence-electron chi connectivity index (χ2n) is 4.57. The highest BCUT2D eigenvalue weighted by atomic mass is 19.3. The number of carbonyl (C=O) groups is 1. The Labute approximate surface area is 129 Å². The SMILES string of the molecule is CCNC(=NCC(F)F)NCCc1cccc(C(=O)NC)c1. The molecular formula is C15H22F2N4O. The summed E-state index contributed by atoms with van der Waals surface area (Å²) < 4.78 is 24.4. The molecule has 1 rings (SSSR count). The third kappa shape index (κ3) is 6.51. The summed E-state index contributed by atoms with van der Waals surface area (Å²) in [5, 5.41) is 8.47. The van der Waals surface area contributed by atoms with Crippen LogP contribution in [0.5, 0.6) is 0 Å². The van der Waals surface area contributed by atoms with Crippen LogP contribution in [-0.2, 0) is 6.42 Å². The predicted molar refractivity (Wildman–Crippen MR) is 83.5 cm³/mol. The molecule has 0 atom stereocenters. The van der Waals surface area contributed by atoms with E-state index in [4.69, 9.17) is 0 Å². The van der Waals surface area contributed by atoms with Gasteiger partial charge in [-0.05, 0) is 31.0 Å². The van der Waals surface area contributed by atoms with Crippen LogP contribution in [0.2, 0.25) is 0 Å². The Morgan fingerprint density at radius 1 is 1.32 bits per heavy atom. The van der Waals surface area contributed by atoms with Gasteiger partial charge in [0.25, 0.3) is 12.3 Å². The lowest BCUT2D eigenvalue weighted by Crippen LogP contribution is -2.38. The van der Waals surface area contributed by atoms with Gasteiger partial charge >= 0.3 is 0 Å². The van der Waals surface area contributed by atoms with Crippen LogP contribution in [-0.4, -0.2) is 45.0 Å². The molecular weight excluding hydrogens is 290 g/mol. The number of aliphatic imine (C=N–C) groups is 1. The standard InChI is InChI=1S/C15H22F2N4O/c1-3-19-15(21-10-13(16)17)20-8-7-11-5-4-6-12(9-11)14(22)18-2/h4-6,9,13H,3,7-8,10H2,1-2H3,(H,18,22)(H2,19,20,21). The van der Waals surface area contributed by atoms with Crippen molar-refractivity contribution in [3.05, 3.63) is 35.4 Å². The van der Waals surface area contributed by atoms with Gasteiger partial charge in [0.2, 0.25) is 0 Å². The van der Waals surface area contributed by atoms with Gasteiger partial charge in [0.05, 0.1) is 0 Å². The molecule has 0 saturated carbocycles. The van der Waals surface area contributed by atoms with Crippen molar-refractivity contribution in [2.45, 2.75) is 19.8 Å². The summed E-state index contributed by atoms with van der Waals surface area (Å²) in [6.45, 7) is 2.47. The average Bonchev–Trinajstić information content (AvgIpc) is 2.52. The number of guanidine groups is 1. The first-order valence-corrected chi connectivity index (χ1v) is 7.18.